The summed E-state index contributed by atoms with van der Waals surface area (Å²) in [4.78, 5) is 20.0. The van der Waals surface area contributed by atoms with Crippen LogP contribution in [0.5, 0.6) is 0 Å². The molecule has 1 saturated heterocycles. The van der Waals surface area contributed by atoms with Gasteiger partial charge in [0, 0.05) is 48.7 Å². The van der Waals surface area contributed by atoms with Crippen molar-refractivity contribution in [1.82, 2.24) is 14.8 Å². The van der Waals surface area contributed by atoms with Crippen molar-refractivity contribution in [1.29, 1.82) is 0 Å². The van der Waals surface area contributed by atoms with E-state index in [2.05, 4.69) is 47.4 Å². The molecule has 0 spiro atoms. The van der Waals surface area contributed by atoms with Crippen LogP contribution in [0.2, 0.25) is 0 Å². The van der Waals surface area contributed by atoms with E-state index in [1.54, 1.807) is 0 Å². The molecule has 1 amide bonds. The van der Waals surface area contributed by atoms with Crippen molar-refractivity contribution in [2.75, 3.05) is 33.3 Å². The lowest BCUT2D eigenvalue weighted by molar-refractivity contribution is 0.0794. The molecule has 1 aromatic carbocycles. The van der Waals surface area contributed by atoms with Crippen LogP contribution in [0, 0.1) is 5.92 Å². The Bertz CT molecular complexity index is 894. The first-order chi connectivity index (χ1) is 13.2. The number of benzene rings is 1. The van der Waals surface area contributed by atoms with E-state index in [1.807, 2.05) is 4.90 Å². The van der Waals surface area contributed by atoms with Crippen molar-refractivity contribution in [3.63, 3.8) is 0 Å². The molecule has 1 aliphatic carbocycles. The SMILES string of the molecule is CN1C[C@H](COC(=O)N2CCCCC2)C=C2c3cccc4[nH]cc(c34)C[C@H]21. The number of carbonyl (C=O) groups is 1. The molecule has 0 bridgehead atoms. The van der Waals surface area contributed by atoms with Crippen molar-refractivity contribution in [3.8, 4) is 0 Å². The van der Waals surface area contributed by atoms with Gasteiger partial charge in [0.2, 0.25) is 0 Å². The molecule has 5 heteroatoms. The van der Waals surface area contributed by atoms with E-state index in [0.29, 0.717) is 12.6 Å². The molecule has 0 unspecified atom stereocenters. The van der Waals surface area contributed by atoms with E-state index in [0.717, 1.165) is 38.9 Å². The van der Waals surface area contributed by atoms with Gasteiger partial charge in [0.05, 0.1) is 0 Å². The normalized spacial score (nSPS) is 25.2. The number of amides is 1. The number of likely N-dealkylation sites (N-methyl/N-ethyl adjacent to an activating group) is 1. The summed E-state index contributed by atoms with van der Waals surface area (Å²) < 4.78 is 5.69. The largest absolute Gasteiger partial charge is 0.449 e. The Labute approximate surface area is 160 Å². The van der Waals surface area contributed by atoms with Gasteiger partial charge in [-0.15, -0.1) is 0 Å². The Morgan fingerprint density at radius 3 is 2.96 bits per heavy atom. The maximum absolute atomic E-state index is 12.4. The summed E-state index contributed by atoms with van der Waals surface area (Å²) in [7, 11) is 2.19. The van der Waals surface area contributed by atoms with Crippen LogP contribution in [0.1, 0.15) is 30.4 Å². The highest BCUT2D eigenvalue weighted by Crippen LogP contribution is 2.40. The third-order valence-electron chi connectivity index (χ3n) is 6.38. The summed E-state index contributed by atoms with van der Waals surface area (Å²) in [5.41, 5.74) is 5.34. The average Bonchev–Trinajstić information content (AvgIpc) is 3.12. The molecule has 5 rings (SSSR count). The minimum atomic E-state index is -0.142. The molecule has 2 aliphatic heterocycles. The molecular formula is C22H27N3O2. The quantitative estimate of drug-likeness (QED) is 0.884. The molecule has 0 radical (unpaired) electrons. The highest BCUT2D eigenvalue weighted by molar-refractivity contribution is 5.98. The number of aromatic amines is 1. The number of nitrogens with zero attached hydrogens (tertiary/aromatic N) is 2. The fourth-order valence-electron chi connectivity index (χ4n) is 5.00. The van der Waals surface area contributed by atoms with Crippen LogP contribution in [0.4, 0.5) is 4.79 Å². The van der Waals surface area contributed by atoms with Gasteiger partial charge in [-0.05, 0) is 55.5 Å². The van der Waals surface area contributed by atoms with E-state index >= 15 is 0 Å². The number of H-pyrrole nitrogens is 1. The van der Waals surface area contributed by atoms with Crippen molar-refractivity contribution in [3.05, 3.63) is 41.6 Å². The molecule has 5 nitrogen and oxygen atoms in total. The standard InChI is InChI=1S/C22H27N3O2/c1-24-13-15(14-27-22(26)25-8-3-2-4-9-25)10-18-17-6-5-7-19-21(17)16(12-23-19)11-20(18)24/h5-7,10,12,15,20,23H,2-4,8-9,11,13-14H2,1H3/t15-,20-/m1/s1. The van der Waals surface area contributed by atoms with Crippen LogP contribution in [0.25, 0.3) is 16.5 Å². The predicted molar refractivity (Wildman–Crippen MR) is 107 cm³/mol. The van der Waals surface area contributed by atoms with Gasteiger partial charge in [0.25, 0.3) is 0 Å². The minimum absolute atomic E-state index is 0.142. The molecule has 0 saturated carbocycles. The number of rotatable bonds is 2. The maximum atomic E-state index is 12.4. The summed E-state index contributed by atoms with van der Waals surface area (Å²) >= 11 is 0. The summed E-state index contributed by atoms with van der Waals surface area (Å²) in [5.74, 6) is 0.241. The van der Waals surface area contributed by atoms with E-state index < -0.39 is 0 Å². The van der Waals surface area contributed by atoms with Gasteiger partial charge < -0.3 is 14.6 Å². The molecule has 1 N–H and O–H groups in total. The predicted octanol–water partition coefficient (Wildman–Crippen LogP) is 3.66. The highest BCUT2D eigenvalue weighted by Gasteiger charge is 2.34. The van der Waals surface area contributed by atoms with Crippen molar-refractivity contribution < 1.29 is 9.53 Å². The van der Waals surface area contributed by atoms with Gasteiger partial charge in [-0.3, -0.25) is 4.90 Å². The third-order valence-corrected chi connectivity index (χ3v) is 6.38. The molecule has 142 valence electrons. The number of hydrogen-bond acceptors (Lipinski definition) is 3. The lowest BCUT2D eigenvalue weighted by Crippen LogP contribution is -2.44. The van der Waals surface area contributed by atoms with Gasteiger partial charge in [-0.25, -0.2) is 4.79 Å². The molecule has 2 atom stereocenters. The smallest absolute Gasteiger partial charge is 0.409 e. The van der Waals surface area contributed by atoms with Crippen LogP contribution in [-0.2, 0) is 11.2 Å². The van der Waals surface area contributed by atoms with Crippen molar-refractivity contribution >= 4 is 22.6 Å². The number of ether oxygens (including phenoxy) is 1. The Kier molecular flexibility index (Phi) is 4.20. The zero-order valence-corrected chi connectivity index (χ0v) is 15.9. The van der Waals surface area contributed by atoms with Crippen LogP contribution in [0.3, 0.4) is 0 Å². The molecule has 27 heavy (non-hydrogen) atoms. The van der Waals surface area contributed by atoms with Crippen LogP contribution in [-0.4, -0.2) is 60.2 Å². The zero-order chi connectivity index (χ0) is 18.4. The molecule has 3 aliphatic rings. The van der Waals surface area contributed by atoms with Gasteiger partial charge in [-0.1, -0.05) is 18.2 Å². The zero-order valence-electron chi connectivity index (χ0n) is 15.9. The molecule has 3 heterocycles. The number of carbonyl (C=O) groups excluding carboxylic acids is 1. The van der Waals surface area contributed by atoms with Crippen LogP contribution >= 0.6 is 0 Å². The van der Waals surface area contributed by atoms with E-state index in [4.69, 9.17) is 4.74 Å². The third kappa shape index (κ3) is 2.94. The first kappa shape index (κ1) is 16.9. The summed E-state index contributed by atoms with van der Waals surface area (Å²) in [6.07, 6.45) is 8.82. The van der Waals surface area contributed by atoms with Crippen molar-refractivity contribution in [2.45, 2.75) is 31.7 Å². The molecule has 1 fully saturated rings. The van der Waals surface area contributed by atoms with E-state index in [9.17, 15) is 4.79 Å². The Hall–Kier alpha value is -2.27. The van der Waals surface area contributed by atoms with E-state index in [-0.39, 0.29) is 12.0 Å². The second-order valence-corrected chi connectivity index (χ2v) is 8.21. The first-order valence-electron chi connectivity index (χ1n) is 10.1. The van der Waals surface area contributed by atoms with Gasteiger partial charge in [-0.2, -0.15) is 0 Å². The number of piperidine rings is 1. The van der Waals surface area contributed by atoms with Crippen LogP contribution in [0.15, 0.2) is 30.5 Å². The fourth-order valence-corrected chi connectivity index (χ4v) is 5.00. The number of hydrogen-bond donors (Lipinski definition) is 1. The van der Waals surface area contributed by atoms with E-state index in [1.165, 1.54) is 34.0 Å². The van der Waals surface area contributed by atoms with Crippen LogP contribution < -0.4 is 0 Å². The number of likely N-dealkylation sites (tertiary alicyclic amines) is 1. The van der Waals surface area contributed by atoms with Gasteiger partial charge >= 0.3 is 6.09 Å². The van der Waals surface area contributed by atoms with Gasteiger partial charge in [0.1, 0.15) is 6.61 Å². The summed E-state index contributed by atoms with van der Waals surface area (Å²) in [6.45, 7) is 3.07. The minimum Gasteiger partial charge on any atom is -0.449 e. The summed E-state index contributed by atoms with van der Waals surface area (Å²) in [5, 5.41) is 1.36. The monoisotopic (exact) mass is 365 g/mol. The second-order valence-electron chi connectivity index (χ2n) is 8.21. The Morgan fingerprint density at radius 2 is 2.11 bits per heavy atom. The first-order valence-corrected chi connectivity index (χ1v) is 10.1. The maximum Gasteiger partial charge on any atom is 0.409 e. The average molecular weight is 365 g/mol. The number of nitrogens with one attached hydrogen (secondary N) is 1. The summed E-state index contributed by atoms with van der Waals surface area (Å²) in [6, 6.07) is 6.91. The molecular weight excluding hydrogens is 338 g/mol. The topological polar surface area (TPSA) is 48.6 Å². The molecule has 2 aromatic rings. The number of aromatic nitrogens is 1. The Balaban J connectivity index is 1.37. The lowest BCUT2D eigenvalue weighted by atomic mass is 9.80. The molecule has 1 aromatic heterocycles. The fraction of sp³-hybridized carbons (Fsp3) is 0.500. The Morgan fingerprint density at radius 1 is 1.26 bits per heavy atom. The van der Waals surface area contributed by atoms with Gasteiger partial charge in [0.15, 0.2) is 0 Å². The number of fused-ring (bicyclic) bond motifs is 2. The lowest BCUT2D eigenvalue weighted by Gasteiger charge is -2.39. The van der Waals surface area contributed by atoms with Crippen molar-refractivity contribution in [2.24, 2.45) is 5.92 Å². The second kappa shape index (κ2) is 6.71. The highest BCUT2D eigenvalue weighted by atomic mass is 16.6.